The molecule has 14 heteroatoms. The van der Waals surface area contributed by atoms with Crippen LogP contribution in [0.1, 0.15) is 70.0 Å². The highest BCUT2D eigenvalue weighted by atomic mass is 16.5. The number of piperidine rings is 2. The van der Waals surface area contributed by atoms with Crippen LogP contribution in [0.25, 0.3) is 10.9 Å². The number of hydrogen-bond acceptors (Lipinski definition) is 11. The van der Waals surface area contributed by atoms with E-state index < -0.39 is 17.7 Å². The lowest BCUT2D eigenvalue weighted by Crippen LogP contribution is -2.50. The zero-order valence-electron chi connectivity index (χ0n) is 38.0. The molecule has 0 spiro atoms. The van der Waals surface area contributed by atoms with Crippen LogP contribution < -0.4 is 20.9 Å². The number of ether oxygens (including phenoxy) is 2. The highest BCUT2D eigenvalue weighted by molar-refractivity contribution is 5.94. The molecule has 0 bridgehead atoms. The average molecular weight is 922 g/mol. The third kappa shape index (κ3) is 11.8. The summed E-state index contributed by atoms with van der Waals surface area (Å²) in [5.74, 6) is -0.854. The van der Waals surface area contributed by atoms with Crippen LogP contribution in [0.4, 0.5) is 0 Å². The number of benzene rings is 5. The van der Waals surface area contributed by atoms with Crippen molar-refractivity contribution < 1.29 is 39.2 Å². The summed E-state index contributed by atoms with van der Waals surface area (Å²) in [5.41, 5.74) is 1.85. The number of aliphatic hydroxyl groups is 2. The third-order valence-electron chi connectivity index (χ3n) is 13.0. The van der Waals surface area contributed by atoms with Crippen LogP contribution in [0, 0.1) is 5.92 Å². The molecule has 1 unspecified atom stereocenters. The van der Waals surface area contributed by atoms with Crippen LogP contribution >= 0.6 is 0 Å². The number of esters is 1. The topological polar surface area (TPSA) is 194 Å². The number of H-pyrrole nitrogens is 1. The van der Waals surface area contributed by atoms with E-state index in [0.29, 0.717) is 66.7 Å². The van der Waals surface area contributed by atoms with Gasteiger partial charge in [-0.1, -0.05) is 91.0 Å². The van der Waals surface area contributed by atoms with E-state index in [4.69, 9.17) is 9.47 Å². The normalized spacial score (nSPS) is 17.0. The minimum atomic E-state index is -2.12. The first-order valence-corrected chi connectivity index (χ1v) is 23.4. The maximum absolute atomic E-state index is 13.9. The van der Waals surface area contributed by atoms with Gasteiger partial charge in [0, 0.05) is 54.8 Å². The molecule has 2 fully saturated rings. The molecule has 2 saturated heterocycles. The number of carbonyl (C=O) groups excluding carboxylic acids is 3. The fourth-order valence-electron chi connectivity index (χ4n) is 9.17. The number of aromatic amines is 1. The van der Waals surface area contributed by atoms with Gasteiger partial charge in [0.25, 0.3) is 11.8 Å². The monoisotopic (exact) mass is 921 g/mol. The van der Waals surface area contributed by atoms with Crippen molar-refractivity contribution in [2.45, 2.75) is 56.4 Å². The number of carbonyl (C=O) groups is 3. The molecule has 0 radical (unpaired) electrons. The Labute approximate surface area is 395 Å². The van der Waals surface area contributed by atoms with Gasteiger partial charge in [0.15, 0.2) is 6.61 Å². The number of nitrogens with zero attached hydrogens (tertiary/aromatic N) is 2. The number of aliphatic hydroxyl groups excluding tert-OH is 1. The van der Waals surface area contributed by atoms with Gasteiger partial charge in [-0.3, -0.25) is 19.3 Å². The predicted octanol–water partition coefficient (Wildman–Crippen LogP) is 5.59. The summed E-state index contributed by atoms with van der Waals surface area (Å²) in [6.45, 7) is 4.30. The van der Waals surface area contributed by atoms with Gasteiger partial charge in [0.1, 0.15) is 11.5 Å². The summed E-state index contributed by atoms with van der Waals surface area (Å²) in [6.07, 6.45) is 2.97. The van der Waals surface area contributed by atoms with Gasteiger partial charge in [0.05, 0.1) is 18.2 Å². The number of amides is 2. The molecule has 8 rings (SSSR count). The van der Waals surface area contributed by atoms with Crippen LogP contribution in [0.5, 0.6) is 11.5 Å². The molecule has 3 heterocycles. The van der Waals surface area contributed by atoms with Gasteiger partial charge in [-0.05, 0) is 116 Å². The van der Waals surface area contributed by atoms with Crippen LogP contribution in [-0.2, 0) is 32.9 Å². The SMILES string of the molecule is O=C(COc1cccc(C(O)(C(=O)OCC2CCN(Cc3ccccc3)CC2)c2ccccc2)c1)N[C@H]1CCCN(C(=O)c2ccc(CCNC[C@H](O)c3ccc(O)c4[nH]c(=O)ccc34)cc2)C1. The number of pyridine rings is 1. The average Bonchev–Trinajstić information content (AvgIpc) is 3.37. The number of nitrogens with one attached hydrogen (secondary N) is 3. The van der Waals surface area contributed by atoms with Crippen molar-refractivity contribution in [2.75, 3.05) is 52.5 Å². The summed E-state index contributed by atoms with van der Waals surface area (Å²) >= 11 is 0. The Morgan fingerprint density at radius 2 is 1.54 bits per heavy atom. The Morgan fingerprint density at radius 3 is 2.31 bits per heavy atom. The van der Waals surface area contributed by atoms with Crippen molar-refractivity contribution in [1.29, 1.82) is 0 Å². The molecule has 6 N–H and O–H groups in total. The van der Waals surface area contributed by atoms with Crippen LogP contribution in [-0.4, -0.2) is 106 Å². The second-order valence-corrected chi connectivity index (χ2v) is 17.8. The number of rotatable bonds is 18. The van der Waals surface area contributed by atoms with Crippen LogP contribution in [0.2, 0.25) is 0 Å². The van der Waals surface area contributed by atoms with Crippen molar-refractivity contribution in [3.05, 3.63) is 177 Å². The molecule has 2 amide bonds. The first-order valence-electron chi connectivity index (χ1n) is 23.4. The Bertz CT molecular complexity index is 2710. The van der Waals surface area contributed by atoms with Crippen molar-refractivity contribution in [1.82, 2.24) is 25.4 Å². The minimum absolute atomic E-state index is 0.0636. The van der Waals surface area contributed by atoms with Crippen LogP contribution in [0.3, 0.4) is 0 Å². The van der Waals surface area contributed by atoms with Gasteiger partial charge >= 0.3 is 5.97 Å². The van der Waals surface area contributed by atoms with E-state index in [2.05, 4.69) is 32.7 Å². The Kier molecular flexibility index (Phi) is 15.6. The van der Waals surface area contributed by atoms with Crippen molar-refractivity contribution in [3.8, 4) is 11.5 Å². The molecule has 1 aromatic heterocycles. The molecular formula is C54H59N5O9. The fourth-order valence-corrected chi connectivity index (χ4v) is 9.17. The van der Waals surface area contributed by atoms with Crippen LogP contribution in [0.15, 0.2) is 138 Å². The maximum Gasteiger partial charge on any atom is 0.347 e. The van der Waals surface area contributed by atoms with Gasteiger partial charge in [-0.15, -0.1) is 0 Å². The molecule has 354 valence electrons. The minimum Gasteiger partial charge on any atom is -0.506 e. The molecule has 0 aliphatic carbocycles. The number of phenols is 1. The summed E-state index contributed by atoms with van der Waals surface area (Å²) in [4.78, 5) is 59.2. The standard InChI is InChI=1S/C54H59N5O9/c60-47-22-20-45(46-21-23-49(62)57-51(46)47)48(61)32-55-27-24-37-16-18-40(19-17-37)52(64)59-28-8-14-43(34-59)56-50(63)36-67-44-15-7-13-42(31-44)54(66,41-11-5-2-6-12-41)53(65)68-35-39-25-29-58(30-26-39)33-38-9-3-1-4-10-38/h1-7,9-13,15-23,31,39,43,48,55,60-61,66H,8,14,24-30,32-36H2,(H,56,63)(H,57,62)/t43-,48-,54?/m0/s1. The second kappa shape index (κ2) is 22.3. The Morgan fingerprint density at radius 1 is 0.809 bits per heavy atom. The Balaban J connectivity index is 0.792. The quantitative estimate of drug-likeness (QED) is 0.0465. The van der Waals surface area contributed by atoms with Gasteiger partial charge in [0.2, 0.25) is 11.2 Å². The number of hydrogen-bond donors (Lipinski definition) is 6. The van der Waals surface area contributed by atoms with Crippen molar-refractivity contribution in [2.24, 2.45) is 5.92 Å². The van der Waals surface area contributed by atoms with E-state index in [1.807, 2.05) is 36.4 Å². The van der Waals surface area contributed by atoms with E-state index >= 15 is 0 Å². The molecule has 6 aromatic rings. The smallest absolute Gasteiger partial charge is 0.347 e. The summed E-state index contributed by atoms with van der Waals surface area (Å²) in [6, 6.07) is 38.8. The maximum atomic E-state index is 13.9. The lowest BCUT2D eigenvalue weighted by atomic mass is 9.86. The van der Waals surface area contributed by atoms with Gasteiger partial charge < -0.3 is 45.3 Å². The second-order valence-electron chi connectivity index (χ2n) is 17.8. The molecule has 3 atom stereocenters. The number of aromatic hydroxyl groups is 1. The highest BCUT2D eigenvalue weighted by Gasteiger charge is 2.42. The van der Waals surface area contributed by atoms with E-state index in [0.717, 1.165) is 38.0 Å². The summed E-state index contributed by atoms with van der Waals surface area (Å²) < 4.78 is 11.8. The fraction of sp³-hybridized carbons (Fsp3) is 0.333. The summed E-state index contributed by atoms with van der Waals surface area (Å²) in [5, 5.41) is 40.1. The highest BCUT2D eigenvalue weighted by Crippen LogP contribution is 2.34. The van der Waals surface area contributed by atoms with Gasteiger partial charge in [-0.2, -0.15) is 0 Å². The van der Waals surface area contributed by atoms with E-state index in [9.17, 15) is 34.5 Å². The van der Waals surface area contributed by atoms with Crippen molar-refractivity contribution >= 4 is 28.7 Å². The molecule has 2 aliphatic heterocycles. The number of phenolic OH excluding ortho intramolecular Hbond substituents is 1. The molecule has 68 heavy (non-hydrogen) atoms. The van der Waals surface area contributed by atoms with E-state index in [-0.39, 0.29) is 65.9 Å². The molecule has 0 saturated carbocycles. The Hall–Kier alpha value is -6.84. The first-order chi connectivity index (χ1) is 33.0. The number of likely N-dealkylation sites (tertiary alicyclic amines) is 2. The van der Waals surface area contributed by atoms with E-state index in [1.165, 1.54) is 17.7 Å². The lowest BCUT2D eigenvalue weighted by Gasteiger charge is -2.33. The molecule has 5 aromatic carbocycles. The van der Waals surface area contributed by atoms with Gasteiger partial charge in [-0.25, -0.2) is 4.79 Å². The molecule has 2 aliphatic rings. The van der Waals surface area contributed by atoms with Crippen molar-refractivity contribution in [3.63, 3.8) is 0 Å². The zero-order valence-corrected chi connectivity index (χ0v) is 38.0. The molecular weight excluding hydrogens is 863 g/mol. The number of aromatic nitrogens is 1. The predicted molar refractivity (Wildman–Crippen MR) is 258 cm³/mol. The summed E-state index contributed by atoms with van der Waals surface area (Å²) in [7, 11) is 0. The largest absolute Gasteiger partial charge is 0.506 e. The molecule has 14 nitrogen and oxygen atoms in total. The van der Waals surface area contributed by atoms with E-state index in [1.54, 1.807) is 77.7 Å². The zero-order chi connectivity index (χ0) is 47.5. The third-order valence-corrected chi connectivity index (χ3v) is 13.0. The first kappa shape index (κ1) is 47.6. The lowest BCUT2D eigenvalue weighted by molar-refractivity contribution is -0.164. The number of fused-ring (bicyclic) bond motifs is 1.